The van der Waals surface area contributed by atoms with Crippen molar-refractivity contribution >= 4 is 12.1 Å². The van der Waals surface area contributed by atoms with Gasteiger partial charge >= 0.3 is 12.1 Å². The Labute approximate surface area is 129 Å². The van der Waals surface area contributed by atoms with Gasteiger partial charge in [0.15, 0.2) is 0 Å². The Morgan fingerprint density at radius 3 is 2.55 bits per heavy atom. The number of nitrogens with one attached hydrogen (secondary N) is 1. The lowest BCUT2D eigenvalue weighted by Crippen LogP contribution is -2.34. The van der Waals surface area contributed by atoms with Crippen molar-refractivity contribution in [2.45, 2.75) is 26.4 Å². The molecule has 0 bridgehead atoms. The fourth-order valence-electron chi connectivity index (χ4n) is 1.58. The first-order chi connectivity index (χ1) is 10.2. The zero-order chi connectivity index (χ0) is 16.8. The number of carbonyl (C=O) groups excluding carboxylic acids is 2. The lowest BCUT2D eigenvalue weighted by atomic mass is 10.2. The molecule has 1 amide bonds. The van der Waals surface area contributed by atoms with Crippen LogP contribution < -0.4 is 10.1 Å². The Morgan fingerprint density at radius 2 is 1.95 bits per heavy atom. The zero-order valence-electron chi connectivity index (χ0n) is 13.1. The Hall–Kier alpha value is -2.44. The molecule has 0 aromatic heterocycles. The highest BCUT2D eigenvalue weighted by Crippen LogP contribution is 2.28. The fourth-order valence-corrected chi connectivity index (χ4v) is 1.58. The van der Waals surface area contributed by atoms with Crippen LogP contribution in [-0.2, 0) is 9.47 Å². The first kappa shape index (κ1) is 17.6. The summed E-state index contributed by atoms with van der Waals surface area (Å²) >= 11 is 0. The summed E-state index contributed by atoms with van der Waals surface area (Å²) in [6, 6.07) is 4.43. The number of phenolic OH excluding ortho intramolecular Hbond substituents is 1. The van der Waals surface area contributed by atoms with Gasteiger partial charge in [0.2, 0.25) is 0 Å². The molecule has 122 valence electrons. The summed E-state index contributed by atoms with van der Waals surface area (Å²) in [5.74, 6) is -0.754. The molecule has 2 N–H and O–H groups in total. The molecule has 0 atom stereocenters. The van der Waals surface area contributed by atoms with Gasteiger partial charge in [-0.25, -0.2) is 9.59 Å². The van der Waals surface area contributed by atoms with Crippen LogP contribution in [0.25, 0.3) is 0 Å². The van der Waals surface area contributed by atoms with Gasteiger partial charge in [0.05, 0.1) is 13.7 Å². The number of ether oxygens (including phenoxy) is 3. The molecular weight excluding hydrogens is 290 g/mol. The molecule has 0 aliphatic heterocycles. The largest absolute Gasteiger partial charge is 0.507 e. The van der Waals surface area contributed by atoms with Crippen LogP contribution in [0.15, 0.2) is 18.2 Å². The third-order valence-electron chi connectivity index (χ3n) is 2.42. The fraction of sp³-hybridized carbons (Fsp3) is 0.467. The number of hydrogen-bond donors (Lipinski definition) is 2. The third kappa shape index (κ3) is 5.51. The third-order valence-corrected chi connectivity index (χ3v) is 2.42. The predicted octanol–water partition coefficient (Wildman–Crippen LogP) is 2.08. The molecule has 0 fully saturated rings. The molecule has 0 aliphatic carbocycles. The van der Waals surface area contributed by atoms with E-state index in [1.54, 1.807) is 26.8 Å². The van der Waals surface area contributed by atoms with Crippen LogP contribution in [0.4, 0.5) is 4.79 Å². The van der Waals surface area contributed by atoms with E-state index in [2.05, 4.69) is 10.1 Å². The Bertz CT molecular complexity index is 535. The summed E-state index contributed by atoms with van der Waals surface area (Å²) in [6.07, 6.45) is -0.555. The lowest BCUT2D eigenvalue weighted by Gasteiger charge is -2.19. The molecule has 7 nitrogen and oxygen atoms in total. The van der Waals surface area contributed by atoms with Gasteiger partial charge in [0.1, 0.15) is 29.3 Å². The van der Waals surface area contributed by atoms with Crippen molar-refractivity contribution in [1.29, 1.82) is 0 Å². The summed E-state index contributed by atoms with van der Waals surface area (Å²) < 4.78 is 15.0. The molecule has 22 heavy (non-hydrogen) atoms. The van der Waals surface area contributed by atoms with Gasteiger partial charge in [-0.1, -0.05) is 6.07 Å². The molecular formula is C15H21NO6. The zero-order valence-corrected chi connectivity index (χ0v) is 13.1. The first-order valence-electron chi connectivity index (χ1n) is 6.74. The number of aromatic hydroxyl groups is 1. The van der Waals surface area contributed by atoms with Crippen LogP contribution >= 0.6 is 0 Å². The maximum atomic E-state index is 11.6. The lowest BCUT2D eigenvalue weighted by molar-refractivity contribution is 0.0515. The Morgan fingerprint density at radius 1 is 1.27 bits per heavy atom. The second kappa shape index (κ2) is 7.53. The number of alkyl carbamates (subject to hydrolysis) is 1. The number of rotatable bonds is 5. The normalized spacial score (nSPS) is 10.7. The molecule has 0 radical (unpaired) electrons. The minimum atomic E-state index is -0.701. The van der Waals surface area contributed by atoms with Crippen LogP contribution in [0.5, 0.6) is 11.5 Å². The van der Waals surface area contributed by atoms with Gasteiger partial charge in [-0.3, -0.25) is 0 Å². The molecule has 1 rings (SSSR count). The van der Waals surface area contributed by atoms with Gasteiger partial charge in [-0.05, 0) is 32.9 Å². The van der Waals surface area contributed by atoms with Crippen molar-refractivity contribution in [2.24, 2.45) is 0 Å². The molecule has 1 aromatic carbocycles. The molecule has 1 aromatic rings. The first-order valence-corrected chi connectivity index (χ1v) is 6.74. The average molecular weight is 311 g/mol. The van der Waals surface area contributed by atoms with Crippen molar-refractivity contribution in [3.05, 3.63) is 23.8 Å². The predicted molar refractivity (Wildman–Crippen MR) is 79.2 cm³/mol. The molecule has 7 heteroatoms. The van der Waals surface area contributed by atoms with E-state index in [1.807, 2.05) is 0 Å². The van der Waals surface area contributed by atoms with E-state index < -0.39 is 17.7 Å². The van der Waals surface area contributed by atoms with Crippen LogP contribution in [0.2, 0.25) is 0 Å². The van der Waals surface area contributed by atoms with Crippen molar-refractivity contribution in [3.8, 4) is 11.5 Å². The molecule has 0 aliphatic rings. The highest BCUT2D eigenvalue weighted by molar-refractivity contribution is 5.95. The van der Waals surface area contributed by atoms with Crippen LogP contribution in [0, 0.1) is 0 Å². The van der Waals surface area contributed by atoms with Crippen LogP contribution in [0.3, 0.4) is 0 Å². The van der Waals surface area contributed by atoms with Crippen molar-refractivity contribution in [3.63, 3.8) is 0 Å². The van der Waals surface area contributed by atoms with Gasteiger partial charge < -0.3 is 24.6 Å². The van der Waals surface area contributed by atoms with Gasteiger partial charge in [0.25, 0.3) is 0 Å². The minimum absolute atomic E-state index is 0.0535. The van der Waals surface area contributed by atoms with E-state index in [0.29, 0.717) is 0 Å². The van der Waals surface area contributed by atoms with Gasteiger partial charge in [-0.15, -0.1) is 0 Å². The quantitative estimate of drug-likeness (QED) is 0.638. The van der Waals surface area contributed by atoms with Gasteiger partial charge in [-0.2, -0.15) is 0 Å². The molecule has 0 spiro atoms. The SMILES string of the molecule is COC(=O)c1c(O)cccc1OCCNC(=O)OC(C)(C)C. The van der Waals surface area contributed by atoms with Gasteiger partial charge in [0, 0.05) is 0 Å². The maximum absolute atomic E-state index is 11.6. The molecule has 0 saturated carbocycles. The summed E-state index contributed by atoms with van der Waals surface area (Å²) in [7, 11) is 1.21. The number of benzene rings is 1. The maximum Gasteiger partial charge on any atom is 0.407 e. The number of methoxy groups -OCH3 is 1. The topological polar surface area (TPSA) is 94.1 Å². The number of carbonyl (C=O) groups is 2. The summed E-state index contributed by atoms with van der Waals surface area (Å²) in [6.45, 7) is 5.58. The average Bonchev–Trinajstić information content (AvgIpc) is 2.41. The van der Waals surface area contributed by atoms with E-state index in [0.717, 1.165) is 0 Å². The smallest absolute Gasteiger partial charge is 0.407 e. The van der Waals surface area contributed by atoms with Crippen molar-refractivity contribution in [2.75, 3.05) is 20.3 Å². The number of hydrogen-bond acceptors (Lipinski definition) is 6. The Kier molecular flexibility index (Phi) is 6.03. The number of amides is 1. The number of phenols is 1. The Balaban J connectivity index is 2.54. The van der Waals surface area contributed by atoms with Crippen molar-refractivity contribution < 1.29 is 28.9 Å². The van der Waals surface area contributed by atoms with E-state index in [9.17, 15) is 14.7 Å². The number of esters is 1. The highest BCUT2D eigenvalue weighted by Gasteiger charge is 2.18. The minimum Gasteiger partial charge on any atom is -0.507 e. The van der Waals surface area contributed by atoms with E-state index in [4.69, 9.17) is 9.47 Å². The van der Waals surface area contributed by atoms with Crippen LogP contribution in [-0.4, -0.2) is 43.0 Å². The monoisotopic (exact) mass is 311 g/mol. The van der Waals surface area contributed by atoms with E-state index >= 15 is 0 Å². The van der Waals surface area contributed by atoms with E-state index in [-0.39, 0.29) is 30.2 Å². The summed E-state index contributed by atoms with van der Waals surface area (Å²) in [5.41, 5.74) is -0.629. The summed E-state index contributed by atoms with van der Waals surface area (Å²) in [4.78, 5) is 23.0. The molecule has 0 heterocycles. The molecule has 0 saturated heterocycles. The standard InChI is InChI=1S/C15H21NO6/c1-15(2,3)22-14(19)16-8-9-21-11-7-5-6-10(17)12(11)13(18)20-4/h5-7,17H,8-9H2,1-4H3,(H,16,19). The summed E-state index contributed by atoms with van der Waals surface area (Å²) in [5, 5.41) is 12.2. The van der Waals surface area contributed by atoms with Crippen LogP contribution in [0.1, 0.15) is 31.1 Å². The second-order valence-corrected chi connectivity index (χ2v) is 5.42. The van der Waals surface area contributed by atoms with Crippen molar-refractivity contribution in [1.82, 2.24) is 5.32 Å². The van der Waals surface area contributed by atoms with E-state index in [1.165, 1.54) is 19.2 Å². The molecule has 0 unspecified atom stereocenters. The second-order valence-electron chi connectivity index (χ2n) is 5.42. The highest BCUT2D eigenvalue weighted by atomic mass is 16.6.